The maximum absolute atomic E-state index is 12.4. The number of hydrogen-bond acceptors (Lipinski definition) is 7. The van der Waals surface area contributed by atoms with Crippen LogP contribution in [0.15, 0.2) is 70.2 Å². The molecule has 0 aliphatic carbocycles. The average molecular weight is 570 g/mol. The molecule has 4 aromatic rings. The molecule has 1 aromatic heterocycles. The summed E-state index contributed by atoms with van der Waals surface area (Å²) in [7, 11) is 1.57. The van der Waals surface area contributed by atoms with Gasteiger partial charge in [0.05, 0.1) is 16.9 Å². The topological polar surface area (TPSA) is 91.5 Å². The highest BCUT2D eigenvalue weighted by molar-refractivity contribution is 14.1. The van der Waals surface area contributed by atoms with Gasteiger partial charge in [-0.1, -0.05) is 24.3 Å². The van der Waals surface area contributed by atoms with E-state index in [0.717, 1.165) is 25.8 Å². The Morgan fingerprint density at radius 2 is 1.97 bits per heavy atom. The van der Waals surface area contributed by atoms with Crippen molar-refractivity contribution < 1.29 is 28.2 Å². The number of nitrogens with one attached hydrogen (secondary N) is 1. The summed E-state index contributed by atoms with van der Waals surface area (Å²) in [5.41, 5.74) is 4.82. The highest BCUT2D eigenvalue weighted by Gasteiger charge is 2.16. The molecule has 1 aliphatic rings. The maximum Gasteiger partial charge on any atom is 0.307 e. The summed E-state index contributed by atoms with van der Waals surface area (Å²) in [6.45, 7) is 0.567. The van der Waals surface area contributed by atoms with E-state index < -0.39 is 5.91 Å². The first kappa shape index (κ1) is 22.1. The number of carbonyl (C=O) groups excluding carboxylic acids is 1. The summed E-state index contributed by atoms with van der Waals surface area (Å²) in [4.78, 5) is 12.4. The number of para-hydroxylation sites is 1. The average Bonchev–Trinajstić information content (AvgIpc) is 3.49. The fourth-order valence-electron chi connectivity index (χ4n) is 3.45. The number of methoxy groups -OCH3 is 1. The first-order valence-corrected chi connectivity index (χ1v) is 11.4. The summed E-state index contributed by atoms with van der Waals surface area (Å²) in [5, 5.41) is 4.91. The molecular formula is C25H19IN2O6. The lowest BCUT2D eigenvalue weighted by molar-refractivity contribution is 0.0929. The molecule has 0 saturated heterocycles. The third-order valence-electron chi connectivity index (χ3n) is 5.10. The van der Waals surface area contributed by atoms with Crippen molar-refractivity contribution in [2.24, 2.45) is 5.10 Å². The largest absolute Gasteiger partial charge is 0.493 e. The van der Waals surface area contributed by atoms with Gasteiger partial charge >= 0.3 is 5.91 Å². The lowest BCUT2D eigenvalue weighted by Crippen LogP contribution is -2.16. The molecule has 1 N–H and O–H groups in total. The molecule has 0 radical (unpaired) electrons. The molecule has 172 valence electrons. The van der Waals surface area contributed by atoms with Gasteiger partial charge in [0.2, 0.25) is 6.79 Å². The minimum Gasteiger partial charge on any atom is -0.493 e. The molecule has 3 aromatic carbocycles. The second-order valence-electron chi connectivity index (χ2n) is 7.36. The van der Waals surface area contributed by atoms with Gasteiger partial charge in [-0.2, -0.15) is 5.10 Å². The van der Waals surface area contributed by atoms with Gasteiger partial charge in [0.15, 0.2) is 28.8 Å². The predicted octanol–water partition coefficient (Wildman–Crippen LogP) is 5.12. The Bertz CT molecular complexity index is 1360. The molecule has 8 nitrogen and oxygen atoms in total. The van der Waals surface area contributed by atoms with E-state index in [1.54, 1.807) is 25.3 Å². The minimum atomic E-state index is -0.433. The van der Waals surface area contributed by atoms with Gasteiger partial charge in [-0.15, -0.1) is 0 Å². The summed E-state index contributed by atoms with van der Waals surface area (Å²) >= 11 is 2.18. The minimum absolute atomic E-state index is 0.192. The van der Waals surface area contributed by atoms with Crippen molar-refractivity contribution >= 4 is 45.7 Å². The van der Waals surface area contributed by atoms with Crippen LogP contribution in [0.5, 0.6) is 23.0 Å². The number of hydrazone groups is 1. The quantitative estimate of drug-likeness (QED) is 0.189. The van der Waals surface area contributed by atoms with Crippen LogP contribution in [-0.2, 0) is 6.61 Å². The summed E-state index contributed by atoms with van der Waals surface area (Å²) in [5.74, 6) is 2.36. The second-order valence-corrected chi connectivity index (χ2v) is 8.52. The van der Waals surface area contributed by atoms with Gasteiger partial charge in [-0.3, -0.25) is 4.79 Å². The van der Waals surface area contributed by atoms with Gasteiger partial charge in [0.25, 0.3) is 0 Å². The molecule has 5 rings (SSSR count). The lowest BCUT2D eigenvalue weighted by atomic mass is 10.2. The third kappa shape index (κ3) is 4.65. The van der Waals surface area contributed by atoms with E-state index in [2.05, 4.69) is 33.1 Å². The van der Waals surface area contributed by atoms with Crippen molar-refractivity contribution in [1.29, 1.82) is 0 Å². The second kappa shape index (κ2) is 9.64. The number of carbonyl (C=O) groups is 1. The smallest absolute Gasteiger partial charge is 0.307 e. The number of halogens is 1. The van der Waals surface area contributed by atoms with E-state index in [0.29, 0.717) is 29.4 Å². The van der Waals surface area contributed by atoms with Crippen LogP contribution in [0, 0.1) is 3.57 Å². The van der Waals surface area contributed by atoms with Crippen LogP contribution in [0.3, 0.4) is 0 Å². The van der Waals surface area contributed by atoms with Crippen molar-refractivity contribution in [3.63, 3.8) is 0 Å². The molecule has 1 amide bonds. The summed E-state index contributed by atoms with van der Waals surface area (Å²) in [6.07, 6.45) is 1.53. The van der Waals surface area contributed by atoms with E-state index in [1.165, 1.54) is 6.21 Å². The Kier molecular flexibility index (Phi) is 6.26. The van der Waals surface area contributed by atoms with Crippen molar-refractivity contribution in [1.82, 2.24) is 5.43 Å². The van der Waals surface area contributed by atoms with Crippen LogP contribution < -0.4 is 24.4 Å². The van der Waals surface area contributed by atoms with Gasteiger partial charge < -0.3 is 23.4 Å². The number of benzene rings is 3. The SMILES string of the molecule is COc1cc(/C=N/NC(=O)c2cc3ccccc3o2)cc(I)c1OCc1ccc2c(c1)OCO2. The zero-order chi connectivity index (χ0) is 23.5. The van der Waals surface area contributed by atoms with E-state index in [4.69, 9.17) is 23.4 Å². The zero-order valence-electron chi connectivity index (χ0n) is 18.0. The Labute approximate surface area is 208 Å². The van der Waals surface area contributed by atoms with E-state index in [1.807, 2.05) is 42.5 Å². The number of nitrogens with zero attached hydrogens (tertiary/aromatic N) is 1. The Morgan fingerprint density at radius 1 is 1.12 bits per heavy atom. The molecule has 9 heteroatoms. The molecule has 0 unspecified atom stereocenters. The van der Waals surface area contributed by atoms with Crippen LogP contribution >= 0.6 is 22.6 Å². The first-order valence-electron chi connectivity index (χ1n) is 10.3. The fourth-order valence-corrected chi connectivity index (χ4v) is 4.24. The standard InChI is InChI=1S/C25H19IN2O6/c1-30-22-10-16(12-27-28-25(29)23-11-17-4-2-3-5-19(17)34-23)8-18(26)24(22)31-13-15-6-7-20-21(9-15)33-14-32-20/h2-12H,13-14H2,1H3,(H,28,29)/b27-12+. The van der Waals surface area contributed by atoms with E-state index in [9.17, 15) is 4.79 Å². The fraction of sp³-hybridized carbons (Fsp3) is 0.120. The van der Waals surface area contributed by atoms with Crippen molar-refractivity contribution in [2.45, 2.75) is 6.61 Å². The zero-order valence-corrected chi connectivity index (χ0v) is 20.2. The maximum atomic E-state index is 12.4. The molecular weight excluding hydrogens is 551 g/mol. The number of amides is 1. The van der Waals surface area contributed by atoms with Gasteiger partial charge in [0, 0.05) is 5.39 Å². The molecule has 0 saturated carbocycles. The lowest BCUT2D eigenvalue weighted by Gasteiger charge is -2.14. The van der Waals surface area contributed by atoms with Gasteiger partial charge in [0.1, 0.15) is 12.2 Å². The number of hydrogen-bond donors (Lipinski definition) is 1. The molecule has 34 heavy (non-hydrogen) atoms. The Balaban J connectivity index is 1.26. The Hall–Kier alpha value is -3.73. The van der Waals surface area contributed by atoms with Crippen LogP contribution in [0.2, 0.25) is 0 Å². The molecule has 0 spiro atoms. The van der Waals surface area contributed by atoms with Gasteiger partial charge in [-0.05, 0) is 70.1 Å². The van der Waals surface area contributed by atoms with Crippen LogP contribution in [-0.4, -0.2) is 26.0 Å². The summed E-state index contributed by atoms with van der Waals surface area (Å²) < 4.78 is 28.7. The van der Waals surface area contributed by atoms with E-state index >= 15 is 0 Å². The van der Waals surface area contributed by atoms with Crippen molar-refractivity contribution in [3.05, 3.63) is 81.1 Å². The van der Waals surface area contributed by atoms with E-state index in [-0.39, 0.29) is 12.6 Å². The highest BCUT2D eigenvalue weighted by atomic mass is 127. The van der Waals surface area contributed by atoms with Crippen LogP contribution in [0.25, 0.3) is 11.0 Å². The molecule has 0 fully saturated rings. The molecule has 1 aliphatic heterocycles. The number of furan rings is 1. The van der Waals surface area contributed by atoms with Gasteiger partial charge in [-0.25, -0.2) is 5.43 Å². The first-order chi connectivity index (χ1) is 16.6. The number of fused-ring (bicyclic) bond motifs is 2. The van der Waals surface area contributed by atoms with Crippen molar-refractivity contribution in [3.8, 4) is 23.0 Å². The van der Waals surface area contributed by atoms with Crippen molar-refractivity contribution in [2.75, 3.05) is 13.9 Å². The third-order valence-corrected chi connectivity index (χ3v) is 5.90. The van der Waals surface area contributed by atoms with Crippen LogP contribution in [0.4, 0.5) is 0 Å². The Morgan fingerprint density at radius 3 is 2.82 bits per heavy atom. The summed E-state index contributed by atoms with van der Waals surface area (Å²) in [6, 6.07) is 18.5. The van der Waals surface area contributed by atoms with Crippen LogP contribution in [0.1, 0.15) is 21.7 Å². The monoisotopic (exact) mass is 570 g/mol. The number of rotatable bonds is 7. The number of ether oxygens (including phenoxy) is 4. The highest BCUT2D eigenvalue weighted by Crippen LogP contribution is 2.36. The normalized spacial score (nSPS) is 12.3. The molecule has 0 atom stereocenters. The predicted molar refractivity (Wildman–Crippen MR) is 134 cm³/mol. The molecule has 2 heterocycles. The molecule has 0 bridgehead atoms.